The van der Waals surface area contributed by atoms with E-state index < -0.39 is 0 Å². The highest BCUT2D eigenvalue weighted by molar-refractivity contribution is 7.03. The zero-order valence-corrected chi connectivity index (χ0v) is 8.35. The van der Waals surface area contributed by atoms with E-state index in [2.05, 4.69) is 34.8 Å². The molecule has 0 radical (unpaired) electrons. The van der Waals surface area contributed by atoms with Crippen LogP contribution in [-0.4, -0.2) is 16.6 Å². The third-order valence-corrected chi connectivity index (χ3v) is 2.03. The van der Waals surface area contributed by atoms with Gasteiger partial charge in [0.1, 0.15) is 0 Å². The molecular formula is C8H13N3S. The van der Waals surface area contributed by atoms with Gasteiger partial charge < -0.3 is 5.32 Å². The van der Waals surface area contributed by atoms with Crippen LogP contribution in [-0.2, 0) is 0 Å². The number of likely N-dealkylation sites (N-methyl/N-ethyl adjacent to an activating group) is 1. The monoisotopic (exact) mass is 183 g/mol. The largest absolute Gasteiger partial charge is 0.308 e. The first-order chi connectivity index (χ1) is 5.74. The molecular weight excluding hydrogens is 170 g/mol. The summed E-state index contributed by atoms with van der Waals surface area (Å²) in [5, 5.41) is 9.12. The van der Waals surface area contributed by atoms with E-state index in [-0.39, 0.29) is 6.04 Å². The van der Waals surface area contributed by atoms with E-state index in [1.807, 2.05) is 12.4 Å². The Hall–Kier alpha value is -0.740. The van der Waals surface area contributed by atoms with Crippen LogP contribution in [0.5, 0.6) is 0 Å². The molecule has 1 unspecified atom stereocenters. The van der Waals surface area contributed by atoms with Gasteiger partial charge in [-0.05, 0) is 32.4 Å². The van der Waals surface area contributed by atoms with Crippen molar-refractivity contribution in [2.75, 3.05) is 7.05 Å². The van der Waals surface area contributed by atoms with Crippen LogP contribution in [0.2, 0.25) is 0 Å². The van der Waals surface area contributed by atoms with Crippen molar-refractivity contribution in [1.82, 2.24) is 14.9 Å². The first-order valence-electron chi connectivity index (χ1n) is 3.83. The van der Waals surface area contributed by atoms with Crippen LogP contribution < -0.4 is 5.32 Å². The molecule has 0 fully saturated rings. The van der Waals surface area contributed by atoms with Gasteiger partial charge in [-0.3, -0.25) is 0 Å². The predicted molar refractivity (Wildman–Crippen MR) is 51.1 cm³/mol. The lowest BCUT2D eigenvalue weighted by atomic mass is 10.1. The van der Waals surface area contributed by atoms with Gasteiger partial charge in [-0.2, -0.15) is 0 Å². The topological polar surface area (TPSA) is 37.8 Å². The van der Waals surface area contributed by atoms with Crippen molar-refractivity contribution in [3.05, 3.63) is 22.7 Å². The van der Waals surface area contributed by atoms with E-state index in [0.29, 0.717) is 0 Å². The maximum absolute atomic E-state index is 4.00. The lowest BCUT2D eigenvalue weighted by Gasteiger charge is -2.07. The summed E-state index contributed by atoms with van der Waals surface area (Å²) in [4.78, 5) is 0. The number of hydrogen-bond donors (Lipinski definition) is 1. The summed E-state index contributed by atoms with van der Waals surface area (Å²) in [5.41, 5.74) is 2.27. The van der Waals surface area contributed by atoms with Crippen LogP contribution in [0.25, 0.3) is 0 Å². The number of aromatic nitrogens is 2. The molecule has 0 aliphatic heterocycles. The maximum atomic E-state index is 4.00. The molecule has 0 aromatic carbocycles. The lowest BCUT2D eigenvalue weighted by molar-refractivity contribution is 0.684. The van der Waals surface area contributed by atoms with E-state index >= 15 is 0 Å². The highest BCUT2D eigenvalue weighted by Crippen LogP contribution is 2.13. The molecule has 1 atom stereocenters. The van der Waals surface area contributed by atoms with Crippen molar-refractivity contribution in [2.45, 2.75) is 19.9 Å². The Morgan fingerprint density at radius 1 is 1.67 bits per heavy atom. The van der Waals surface area contributed by atoms with Crippen LogP contribution in [0.4, 0.5) is 0 Å². The van der Waals surface area contributed by atoms with Gasteiger partial charge in [0.05, 0.1) is 11.7 Å². The van der Waals surface area contributed by atoms with Crippen LogP contribution in [0.3, 0.4) is 0 Å². The highest BCUT2D eigenvalue weighted by Gasteiger charge is 2.07. The number of nitrogens with one attached hydrogen (secondary N) is 1. The quantitative estimate of drug-likeness (QED) is 0.726. The minimum atomic E-state index is 0.203. The number of allylic oxidation sites excluding steroid dienone is 1. The predicted octanol–water partition coefficient (Wildman–Crippen LogP) is 1.76. The Bertz CT molecular complexity index is 249. The van der Waals surface area contributed by atoms with Crippen molar-refractivity contribution >= 4 is 11.5 Å². The Morgan fingerprint density at radius 2 is 2.42 bits per heavy atom. The van der Waals surface area contributed by atoms with Gasteiger partial charge in [0, 0.05) is 5.38 Å². The Morgan fingerprint density at radius 3 is 2.83 bits per heavy atom. The normalized spacial score (nSPS) is 12.6. The summed E-state index contributed by atoms with van der Waals surface area (Å²) in [6, 6.07) is 0.203. The molecule has 12 heavy (non-hydrogen) atoms. The molecule has 1 N–H and O–H groups in total. The Kier molecular flexibility index (Phi) is 3.37. The molecule has 0 saturated heterocycles. The number of rotatable bonds is 3. The molecule has 0 aliphatic rings. The number of hydrogen-bond acceptors (Lipinski definition) is 4. The van der Waals surface area contributed by atoms with Gasteiger partial charge in [-0.15, -0.1) is 5.10 Å². The van der Waals surface area contributed by atoms with Crippen LogP contribution >= 0.6 is 11.5 Å². The standard InChI is InChI=1S/C8H13N3S/c1-6(2)4-7(9-3)8-5-12-11-10-8/h4-5,7,9H,1-3H3. The zero-order chi connectivity index (χ0) is 8.97. The SMILES string of the molecule is CNC(C=C(C)C)c1csnn1. The fraction of sp³-hybridized carbons (Fsp3) is 0.500. The molecule has 3 nitrogen and oxygen atoms in total. The fourth-order valence-electron chi connectivity index (χ4n) is 0.957. The summed E-state index contributed by atoms with van der Waals surface area (Å²) in [5.74, 6) is 0. The van der Waals surface area contributed by atoms with Gasteiger partial charge in [0.25, 0.3) is 0 Å². The molecule has 66 valence electrons. The van der Waals surface area contributed by atoms with Crippen LogP contribution in [0.15, 0.2) is 17.0 Å². The van der Waals surface area contributed by atoms with Crippen LogP contribution in [0.1, 0.15) is 25.6 Å². The van der Waals surface area contributed by atoms with Crippen molar-refractivity contribution in [3.63, 3.8) is 0 Å². The van der Waals surface area contributed by atoms with E-state index in [9.17, 15) is 0 Å². The lowest BCUT2D eigenvalue weighted by Crippen LogP contribution is -2.14. The van der Waals surface area contributed by atoms with Gasteiger partial charge >= 0.3 is 0 Å². The summed E-state index contributed by atoms with van der Waals surface area (Å²) >= 11 is 1.38. The summed E-state index contributed by atoms with van der Waals surface area (Å²) in [6.45, 7) is 4.15. The van der Waals surface area contributed by atoms with E-state index in [1.165, 1.54) is 17.1 Å². The Balaban J connectivity index is 2.77. The molecule has 1 aromatic rings. The van der Waals surface area contributed by atoms with Crippen molar-refractivity contribution in [3.8, 4) is 0 Å². The maximum Gasteiger partial charge on any atom is 0.0963 e. The van der Waals surface area contributed by atoms with E-state index in [4.69, 9.17) is 0 Å². The molecule has 1 rings (SSSR count). The van der Waals surface area contributed by atoms with Crippen LogP contribution in [0, 0.1) is 0 Å². The second kappa shape index (κ2) is 4.33. The highest BCUT2D eigenvalue weighted by atomic mass is 32.1. The van der Waals surface area contributed by atoms with E-state index in [0.717, 1.165) is 5.69 Å². The average Bonchev–Trinajstić information content (AvgIpc) is 2.51. The van der Waals surface area contributed by atoms with Gasteiger partial charge in [-0.1, -0.05) is 16.1 Å². The second-order valence-electron chi connectivity index (χ2n) is 2.84. The smallest absolute Gasteiger partial charge is 0.0963 e. The third-order valence-electron chi connectivity index (χ3n) is 1.51. The minimum Gasteiger partial charge on any atom is -0.308 e. The van der Waals surface area contributed by atoms with Gasteiger partial charge in [0.2, 0.25) is 0 Å². The van der Waals surface area contributed by atoms with Crippen molar-refractivity contribution in [1.29, 1.82) is 0 Å². The third kappa shape index (κ3) is 2.39. The molecule has 0 amide bonds. The molecule has 0 aliphatic carbocycles. The van der Waals surface area contributed by atoms with Gasteiger partial charge in [-0.25, -0.2) is 0 Å². The molecule has 0 bridgehead atoms. The summed E-state index contributed by atoms with van der Waals surface area (Å²) in [6.07, 6.45) is 2.14. The molecule has 4 heteroatoms. The minimum absolute atomic E-state index is 0.203. The van der Waals surface area contributed by atoms with Crippen molar-refractivity contribution in [2.24, 2.45) is 0 Å². The molecule has 0 saturated carbocycles. The molecule has 0 spiro atoms. The number of nitrogens with zero attached hydrogens (tertiary/aromatic N) is 2. The second-order valence-corrected chi connectivity index (χ2v) is 3.45. The summed E-state index contributed by atoms with van der Waals surface area (Å²) in [7, 11) is 1.92. The zero-order valence-electron chi connectivity index (χ0n) is 7.53. The summed E-state index contributed by atoms with van der Waals surface area (Å²) < 4.78 is 3.82. The first kappa shape index (κ1) is 9.35. The average molecular weight is 183 g/mol. The van der Waals surface area contributed by atoms with E-state index in [1.54, 1.807) is 0 Å². The molecule has 1 heterocycles. The fourth-order valence-corrected chi connectivity index (χ4v) is 1.45. The first-order valence-corrected chi connectivity index (χ1v) is 4.67. The Labute approximate surface area is 76.7 Å². The molecule has 1 aromatic heterocycles. The van der Waals surface area contributed by atoms with Crippen molar-refractivity contribution < 1.29 is 0 Å². The van der Waals surface area contributed by atoms with Gasteiger partial charge in [0.15, 0.2) is 0 Å².